The lowest BCUT2D eigenvalue weighted by molar-refractivity contribution is -0.139. The third kappa shape index (κ3) is 4.37. The van der Waals surface area contributed by atoms with Crippen molar-refractivity contribution in [3.8, 4) is 5.75 Å². The number of nitrogens with zero attached hydrogens (tertiary/aromatic N) is 1. The van der Waals surface area contributed by atoms with Gasteiger partial charge in [0.05, 0.1) is 12.8 Å². The van der Waals surface area contributed by atoms with Gasteiger partial charge in [-0.2, -0.15) is 0 Å². The highest BCUT2D eigenvalue weighted by molar-refractivity contribution is 5.94. The molecule has 1 aliphatic heterocycles. The van der Waals surface area contributed by atoms with Crippen LogP contribution in [0.25, 0.3) is 0 Å². The minimum atomic E-state index is -0.0239. The fraction of sp³-hybridized carbons (Fsp3) is 0.619. The third-order valence-corrected chi connectivity index (χ3v) is 5.78. The van der Waals surface area contributed by atoms with Gasteiger partial charge in [-0.1, -0.05) is 19.1 Å². The zero-order valence-electron chi connectivity index (χ0n) is 15.9. The van der Waals surface area contributed by atoms with E-state index in [1.807, 2.05) is 29.2 Å². The maximum Gasteiger partial charge on any atom is 0.227 e. The van der Waals surface area contributed by atoms with Gasteiger partial charge in [-0.05, 0) is 56.6 Å². The average molecular weight is 358 g/mol. The zero-order chi connectivity index (χ0) is 18.5. The molecule has 2 amide bonds. The molecule has 5 nitrogen and oxygen atoms in total. The molecule has 1 saturated heterocycles. The van der Waals surface area contributed by atoms with E-state index >= 15 is 0 Å². The van der Waals surface area contributed by atoms with Crippen LogP contribution in [-0.2, 0) is 9.59 Å². The van der Waals surface area contributed by atoms with Crippen LogP contribution in [0.5, 0.6) is 5.75 Å². The first kappa shape index (κ1) is 18.7. The highest BCUT2D eigenvalue weighted by Crippen LogP contribution is 2.33. The molecule has 1 aliphatic carbocycles. The second-order valence-electron chi connectivity index (χ2n) is 7.77. The van der Waals surface area contributed by atoms with Gasteiger partial charge in [0.25, 0.3) is 0 Å². The molecular formula is C21H30N2O3. The van der Waals surface area contributed by atoms with Gasteiger partial charge in [0, 0.05) is 24.9 Å². The number of anilines is 1. The predicted octanol–water partition coefficient (Wildman–Crippen LogP) is 3.70. The molecule has 0 spiro atoms. The number of carbonyl (C=O) groups excluding carboxylic acids is 2. The van der Waals surface area contributed by atoms with Crippen LogP contribution in [0.4, 0.5) is 5.69 Å². The number of ether oxygens (including phenoxy) is 1. The van der Waals surface area contributed by atoms with Crippen LogP contribution in [0, 0.1) is 17.8 Å². The molecule has 1 atom stereocenters. The van der Waals surface area contributed by atoms with Crippen LogP contribution in [0.2, 0.25) is 0 Å². The Balaban J connectivity index is 1.51. The fourth-order valence-electron chi connectivity index (χ4n) is 4.23. The van der Waals surface area contributed by atoms with Gasteiger partial charge >= 0.3 is 0 Å². The summed E-state index contributed by atoms with van der Waals surface area (Å²) in [6, 6.07) is 7.45. The molecular weight excluding hydrogens is 328 g/mol. The van der Waals surface area contributed by atoms with Gasteiger partial charge in [0.15, 0.2) is 0 Å². The highest BCUT2D eigenvalue weighted by Gasteiger charge is 2.33. The van der Waals surface area contributed by atoms with E-state index in [0.717, 1.165) is 45.2 Å². The first-order valence-electron chi connectivity index (χ1n) is 9.81. The summed E-state index contributed by atoms with van der Waals surface area (Å²) < 4.78 is 5.29. The number of benzene rings is 1. The summed E-state index contributed by atoms with van der Waals surface area (Å²) in [5.74, 6) is 1.69. The van der Waals surface area contributed by atoms with Gasteiger partial charge in [-0.25, -0.2) is 0 Å². The number of hydrogen-bond acceptors (Lipinski definition) is 3. The Hall–Kier alpha value is -2.04. The Morgan fingerprint density at radius 2 is 1.77 bits per heavy atom. The van der Waals surface area contributed by atoms with E-state index in [2.05, 4.69) is 12.2 Å². The van der Waals surface area contributed by atoms with Crippen molar-refractivity contribution >= 4 is 17.5 Å². The Bertz CT molecular complexity index is 638. The van der Waals surface area contributed by atoms with Crippen molar-refractivity contribution in [1.29, 1.82) is 0 Å². The number of carbonyl (C=O) groups is 2. The van der Waals surface area contributed by atoms with Crippen molar-refractivity contribution in [2.24, 2.45) is 17.8 Å². The summed E-state index contributed by atoms with van der Waals surface area (Å²) in [6.45, 7) is 4.02. The number of likely N-dealkylation sites (tertiary alicyclic amines) is 1. The molecule has 1 unspecified atom stereocenters. The lowest BCUT2D eigenvalue weighted by Gasteiger charge is -2.35. The lowest BCUT2D eigenvalue weighted by atomic mass is 9.80. The van der Waals surface area contributed by atoms with Crippen LogP contribution >= 0.6 is 0 Å². The number of para-hydroxylation sites is 2. The van der Waals surface area contributed by atoms with Crippen molar-refractivity contribution in [2.75, 3.05) is 25.5 Å². The van der Waals surface area contributed by atoms with Crippen molar-refractivity contribution < 1.29 is 14.3 Å². The quantitative estimate of drug-likeness (QED) is 0.893. The summed E-state index contributed by atoms with van der Waals surface area (Å²) in [4.78, 5) is 27.4. The van der Waals surface area contributed by atoms with Gasteiger partial charge in [-0.15, -0.1) is 0 Å². The monoisotopic (exact) mass is 358 g/mol. The molecule has 2 fully saturated rings. The molecule has 26 heavy (non-hydrogen) atoms. The second kappa shape index (κ2) is 8.56. The van der Waals surface area contributed by atoms with E-state index < -0.39 is 0 Å². The summed E-state index contributed by atoms with van der Waals surface area (Å²) in [5.41, 5.74) is 0.709. The van der Waals surface area contributed by atoms with Crippen LogP contribution in [-0.4, -0.2) is 36.9 Å². The molecule has 3 rings (SSSR count). The molecule has 1 saturated carbocycles. The number of rotatable bonds is 4. The van der Waals surface area contributed by atoms with Crippen molar-refractivity contribution in [1.82, 2.24) is 4.90 Å². The Morgan fingerprint density at radius 3 is 2.46 bits per heavy atom. The molecule has 1 aromatic rings. The van der Waals surface area contributed by atoms with E-state index in [9.17, 15) is 9.59 Å². The largest absolute Gasteiger partial charge is 0.495 e. The molecule has 1 aromatic carbocycles. The number of nitrogens with one attached hydrogen (secondary N) is 1. The molecule has 0 radical (unpaired) electrons. The maximum atomic E-state index is 12.8. The second-order valence-corrected chi connectivity index (χ2v) is 7.77. The molecule has 1 N–H and O–H groups in total. The number of hydrogen-bond donors (Lipinski definition) is 1. The predicted molar refractivity (Wildman–Crippen MR) is 102 cm³/mol. The Kier molecular flexibility index (Phi) is 6.17. The van der Waals surface area contributed by atoms with E-state index in [-0.39, 0.29) is 17.7 Å². The van der Waals surface area contributed by atoms with Gasteiger partial charge < -0.3 is 15.0 Å². The highest BCUT2D eigenvalue weighted by atomic mass is 16.5. The van der Waals surface area contributed by atoms with E-state index in [1.54, 1.807) is 7.11 Å². The molecule has 2 aliphatic rings. The summed E-state index contributed by atoms with van der Waals surface area (Å²) in [6.07, 6.45) is 5.52. The van der Waals surface area contributed by atoms with Crippen LogP contribution in [0.1, 0.15) is 45.4 Å². The van der Waals surface area contributed by atoms with E-state index in [1.165, 1.54) is 6.42 Å². The molecule has 1 heterocycles. The van der Waals surface area contributed by atoms with Crippen LogP contribution in [0.3, 0.4) is 0 Å². The summed E-state index contributed by atoms with van der Waals surface area (Å²) >= 11 is 0. The fourth-order valence-corrected chi connectivity index (χ4v) is 4.23. The molecule has 0 bridgehead atoms. The first-order valence-corrected chi connectivity index (χ1v) is 9.81. The first-order chi connectivity index (χ1) is 12.6. The summed E-state index contributed by atoms with van der Waals surface area (Å²) in [5, 5.41) is 2.99. The summed E-state index contributed by atoms with van der Waals surface area (Å²) in [7, 11) is 1.60. The maximum absolute atomic E-state index is 12.8. The van der Waals surface area contributed by atoms with Crippen molar-refractivity contribution in [3.05, 3.63) is 24.3 Å². The van der Waals surface area contributed by atoms with Crippen LogP contribution in [0.15, 0.2) is 24.3 Å². The third-order valence-electron chi connectivity index (χ3n) is 5.78. The molecule has 0 aromatic heterocycles. The Labute approximate surface area is 156 Å². The Morgan fingerprint density at radius 1 is 1.08 bits per heavy atom. The minimum absolute atomic E-state index is 0.0239. The number of amides is 2. The number of methoxy groups -OCH3 is 1. The van der Waals surface area contributed by atoms with Crippen molar-refractivity contribution in [3.63, 3.8) is 0 Å². The standard InChI is InChI=1S/C21H30N2O3/c1-15-6-5-13-23(14-15)21(25)17-11-9-16(10-12-17)20(24)22-18-7-3-4-8-19(18)26-2/h3-4,7-8,15-17H,5-6,9-14H2,1-2H3,(H,22,24). The topological polar surface area (TPSA) is 58.6 Å². The minimum Gasteiger partial charge on any atom is -0.495 e. The lowest BCUT2D eigenvalue weighted by Crippen LogP contribution is -2.43. The smallest absolute Gasteiger partial charge is 0.227 e. The number of piperidine rings is 1. The van der Waals surface area contributed by atoms with E-state index in [4.69, 9.17) is 4.74 Å². The van der Waals surface area contributed by atoms with Gasteiger partial charge in [0.1, 0.15) is 5.75 Å². The van der Waals surface area contributed by atoms with Gasteiger partial charge in [-0.3, -0.25) is 9.59 Å². The SMILES string of the molecule is COc1ccccc1NC(=O)C1CCC(C(=O)N2CCCC(C)C2)CC1. The van der Waals surface area contributed by atoms with Crippen molar-refractivity contribution in [2.45, 2.75) is 45.4 Å². The average Bonchev–Trinajstić information content (AvgIpc) is 2.68. The van der Waals surface area contributed by atoms with Crippen LogP contribution < -0.4 is 10.1 Å². The normalized spacial score (nSPS) is 26.2. The molecule has 142 valence electrons. The zero-order valence-corrected chi connectivity index (χ0v) is 15.9. The molecule has 5 heteroatoms. The van der Waals surface area contributed by atoms with Gasteiger partial charge in [0.2, 0.25) is 11.8 Å². The van der Waals surface area contributed by atoms with E-state index in [0.29, 0.717) is 23.3 Å².